The lowest BCUT2D eigenvalue weighted by atomic mass is 9.96. The van der Waals surface area contributed by atoms with E-state index in [1.807, 2.05) is 29.2 Å². The number of nitrogens with one attached hydrogen (secondary N) is 2. The first-order valence-electron chi connectivity index (χ1n) is 8.67. The molecule has 23 heavy (non-hydrogen) atoms. The predicted octanol–water partition coefficient (Wildman–Crippen LogP) is 3.29. The zero-order valence-corrected chi connectivity index (χ0v) is 14.1. The first-order chi connectivity index (χ1) is 11.2. The standard InChI is InChI=1S/C18H23N3OS/c22-17-5-2-8-21(17)15-4-1-3-14(11-15)19-18(23)20-16-10-12-6-7-13(16)9-12/h1,3-4,11-13,16H,2,5-10H2,(H2,19,20,23)/t12-,13-,16-/m1/s1. The number of thiocarbonyl (C=S) groups is 1. The Kier molecular flexibility index (Phi) is 3.97. The van der Waals surface area contributed by atoms with E-state index in [1.54, 1.807) is 0 Å². The molecule has 0 spiro atoms. The number of anilines is 2. The second-order valence-electron chi connectivity index (χ2n) is 7.08. The lowest BCUT2D eigenvalue weighted by molar-refractivity contribution is -0.117. The fourth-order valence-corrected chi connectivity index (χ4v) is 4.70. The summed E-state index contributed by atoms with van der Waals surface area (Å²) >= 11 is 5.49. The molecular weight excluding hydrogens is 306 g/mol. The molecule has 2 N–H and O–H groups in total. The van der Waals surface area contributed by atoms with Gasteiger partial charge in [0.1, 0.15) is 0 Å². The van der Waals surface area contributed by atoms with Crippen LogP contribution >= 0.6 is 12.2 Å². The topological polar surface area (TPSA) is 44.4 Å². The second kappa shape index (κ2) is 6.11. The maximum Gasteiger partial charge on any atom is 0.227 e. The Bertz CT molecular complexity index is 632. The molecule has 0 radical (unpaired) electrons. The Labute approximate surface area is 142 Å². The Morgan fingerprint density at radius 2 is 2.17 bits per heavy atom. The quantitative estimate of drug-likeness (QED) is 0.835. The molecule has 2 saturated carbocycles. The summed E-state index contributed by atoms with van der Waals surface area (Å²) in [5.74, 6) is 1.92. The highest BCUT2D eigenvalue weighted by molar-refractivity contribution is 7.80. The van der Waals surface area contributed by atoms with E-state index in [4.69, 9.17) is 12.2 Å². The van der Waals surface area contributed by atoms with Crippen molar-refractivity contribution in [3.63, 3.8) is 0 Å². The van der Waals surface area contributed by atoms with Gasteiger partial charge in [0.15, 0.2) is 5.11 Å². The summed E-state index contributed by atoms with van der Waals surface area (Å²) in [5.41, 5.74) is 1.91. The minimum absolute atomic E-state index is 0.213. The van der Waals surface area contributed by atoms with Crippen LogP contribution in [0.4, 0.5) is 11.4 Å². The van der Waals surface area contributed by atoms with Gasteiger partial charge >= 0.3 is 0 Å². The van der Waals surface area contributed by atoms with Crippen LogP contribution in [0.2, 0.25) is 0 Å². The van der Waals surface area contributed by atoms with E-state index in [1.165, 1.54) is 25.7 Å². The monoisotopic (exact) mass is 329 g/mol. The molecule has 3 aliphatic rings. The molecule has 1 heterocycles. The average molecular weight is 329 g/mol. The smallest absolute Gasteiger partial charge is 0.227 e. The molecule has 2 aliphatic carbocycles. The van der Waals surface area contributed by atoms with Crippen LogP contribution in [0.1, 0.15) is 38.5 Å². The van der Waals surface area contributed by atoms with Gasteiger partial charge in [-0.05, 0) is 67.9 Å². The second-order valence-corrected chi connectivity index (χ2v) is 7.49. The summed E-state index contributed by atoms with van der Waals surface area (Å²) in [5, 5.41) is 7.49. The van der Waals surface area contributed by atoms with Gasteiger partial charge < -0.3 is 15.5 Å². The van der Waals surface area contributed by atoms with Gasteiger partial charge in [-0.3, -0.25) is 4.79 Å². The fourth-order valence-electron chi connectivity index (χ4n) is 4.43. The van der Waals surface area contributed by atoms with Gasteiger partial charge in [-0.25, -0.2) is 0 Å². The molecule has 0 aromatic heterocycles. The van der Waals surface area contributed by atoms with E-state index in [0.29, 0.717) is 17.6 Å². The first kappa shape index (κ1) is 14.9. The van der Waals surface area contributed by atoms with Crippen molar-refractivity contribution in [1.82, 2.24) is 5.32 Å². The average Bonchev–Trinajstić information content (AvgIpc) is 3.24. The Hall–Kier alpha value is -1.62. The minimum Gasteiger partial charge on any atom is -0.359 e. The highest BCUT2D eigenvalue weighted by Gasteiger charge is 2.39. The van der Waals surface area contributed by atoms with Gasteiger partial charge in [0.2, 0.25) is 5.91 Å². The van der Waals surface area contributed by atoms with Crippen molar-refractivity contribution in [2.45, 2.75) is 44.6 Å². The molecule has 4 rings (SSSR count). The lowest BCUT2D eigenvalue weighted by Gasteiger charge is -2.25. The number of nitrogens with zero attached hydrogens (tertiary/aromatic N) is 1. The molecule has 4 nitrogen and oxygen atoms in total. The van der Waals surface area contributed by atoms with Gasteiger partial charge in [-0.1, -0.05) is 12.5 Å². The molecule has 1 aliphatic heterocycles. The highest BCUT2D eigenvalue weighted by atomic mass is 32.1. The first-order valence-corrected chi connectivity index (χ1v) is 9.08. The third-order valence-corrected chi connectivity index (χ3v) is 5.76. The summed E-state index contributed by atoms with van der Waals surface area (Å²) in [6.07, 6.45) is 6.97. The largest absolute Gasteiger partial charge is 0.359 e. The SMILES string of the molecule is O=C1CCCN1c1cccc(NC(=S)N[C@@H]2C[C@@H]3CC[C@@H]2C3)c1. The molecule has 1 aromatic carbocycles. The summed E-state index contributed by atoms with van der Waals surface area (Å²) in [6.45, 7) is 0.816. The number of fused-ring (bicyclic) bond motifs is 2. The molecule has 3 atom stereocenters. The van der Waals surface area contributed by atoms with E-state index in [9.17, 15) is 4.79 Å². The normalized spacial score (nSPS) is 29.1. The maximum atomic E-state index is 11.9. The van der Waals surface area contributed by atoms with Crippen LogP contribution in [0, 0.1) is 11.8 Å². The fraction of sp³-hybridized carbons (Fsp3) is 0.556. The molecule has 5 heteroatoms. The van der Waals surface area contributed by atoms with E-state index in [-0.39, 0.29) is 5.91 Å². The molecular formula is C18H23N3OS. The van der Waals surface area contributed by atoms with Crippen LogP contribution < -0.4 is 15.5 Å². The van der Waals surface area contributed by atoms with Crippen molar-refractivity contribution in [3.8, 4) is 0 Å². The van der Waals surface area contributed by atoms with Gasteiger partial charge in [0.05, 0.1) is 0 Å². The Balaban J connectivity index is 1.38. The van der Waals surface area contributed by atoms with Crippen LogP contribution in [0.3, 0.4) is 0 Å². The summed E-state index contributed by atoms with van der Waals surface area (Å²) in [4.78, 5) is 13.7. The Morgan fingerprint density at radius 3 is 2.87 bits per heavy atom. The van der Waals surface area contributed by atoms with Crippen molar-refractivity contribution >= 4 is 34.6 Å². The van der Waals surface area contributed by atoms with Crippen molar-refractivity contribution in [3.05, 3.63) is 24.3 Å². The van der Waals surface area contributed by atoms with E-state index in [0.717, 1.165) is 36.2 Å². The van der Waals surface area contributed by atoms with Gasteiger partial charge in [0.25, 0.3) is 0 Å². The number of benzene rings is 1. The predicted molar refractivity (Wildman–Crippen MR) is 96.6 cm³/mol. The van der Waals surface area contributed by atoms with Crippen LogP contribution in [0.15, 0.2) is 24.3 Å². The number of hydrogen-bond acceptors (Lipinski definition) is 2. The molecule has 1 saturated heterocycles. The molecule has 1 amide bonds. The highest BCUT2D eigenvalue weighted by Crippen LogP contribution is 2.44. The summed E-state index contributed by atoms with van der Waals surface area (Å²) in [7, 11) is 0. The van der Waals surface area contributed by atoms with Crippen molar-refractivity contribution in [2.24, 2.45) is 11.8 Å². The number of carbonyl (C=O) groups is 1. The van der Waals surface area contributed by atoms with Crippen LogP contribution in [0.5, 0.6) is 0 Å². The summed E-state index contributed by atoms with van der Waals surface area (Å²) in [6, 6.07) is 8.51. The van der Waals surface area contributed by atoms with Gasteiger partial charge in [-0.15, -0.1) is 0 Å². The summed E-state index contributed by atoms with van der Waals surface area (Å²) < 4.78 is 0. The molecule has 1 aromatic rings. The molecule has 122 valence electrons. The lowest BCUT2D eigenvalue weighted by Crippen LogP contribution is -2.40. The maximum absolute atomic E-state index is 11.9. The third kappa shape index (κ3) is 3.07. The zero-order valence-electron chi connectivity index (χ0n) is 13.3. The number of hydrogen-bond donors (Lipinski definition) is 2. The van der Waals surface area contributed by atoms with Crippen LogP contribution in [0.25, 0.3) is 0 Å². The molecule has 0 unspecified atom stereocenters. The van der Waals surface area contributed by atoms with E-state index in [2.05, 4.69) is 10.6 Å². The minimum atomic E-state index is 0.213. The van der Waals surface area contributed by atoms with E-state index >= 15 is 0 Å². The number of carbonyl (C=O) groups excluding carboxylic acids is 1. The molecule has 2 bridgehead atoms. The third-order valence-electron chi connectivity index (χ3n) is 5.54. The van der Waals surface area contributed by atoms with Gasteiger partial charge in [-0.2, -0.15) is 0 Å². The number of rotatable bonds is 3. The number of amides is 1. The molecule has 3 fully saturated rings. The van der Waals surface area contributed by atoms with Crippen molar-refractivity contribution in [2.75, 3.05) is 16.8 Å². The van der Waals surface area contributed by atoms with Crippen LogP contribution in [-0.2, 0) is 4.79 Å². The van der Waals surface area contributed by atoms with E-state index < -0.39 is 0 Å². The Morgan fingerprint density at radius 1 is 1.26 bits per heavy atom. The zero-order chi connectivity index (χ0) is 15.8. The van der Waals surface area contributed by atoms with Crippen molar-refractivity contribution in [1.29, 1.82) is 0 Å². The van der Waals surface area contributed by atoms with Crippen molar-refractivity contribution < 1.29 is 4.79 Å². The van der Waals surface area contributed by atoms with Gasteiger partial charge in [0, 0.05) is 30.4 Å². The van der Waals surface area contributed by atoms with Crippen LogP contribution in [-0.4, -0.2) is 23.6 Å².